The van der Waals surface area contributed by atoms with Gasteiger partial charge in [0.1, 0.15) is 18.2 Å². The summed E-state index contributed by atoms with van der Waals surface area (Å²) in [5, 5.41) is 0. The lowest BCUT2D eigenvalue weighted by molar-refractivity contribution is -0.133. The van der Waals surface area contributed by atoms with Crippen molar-refractivity contribution in [1.82, 2.24) is 14.4 Å². The van der Waals surface area contributed by atoms with Crippen LogP contribution in [0.15, 0.2) is 97.2 Å². The number of hydrogen-bond acceptors (Lipinski definition) is 2. The average Bonchev–Trinajstić information content (AvgIpc) is 3.35. The summed E-state index contributed by atoms with van der Waals surface area (Å²) in [6.45, 7) is 3.43. The first-order valence-electron chi connectivity index (χ1n) is 12.7. The molecule has 0 N–H and O–H groups in total. The molecule has 3 aromatic carbocycles. The van der Waals surface area contributed by atoms with Crippen LogP contribution in [0.25, 0.3) is 0 Å². The molecule has 0 bridgehead atoms. The van der Waals surface area contributed by atoms with E-state index < -0.39 is 5.82 Å². The molecule has 0 fully saturated rings. The normalized spacial score (nSPS) is 10.8. The predicted octanol–water partition coefficient (Wildman–Crippen LogP) is 5.90. The molecular weight excluding hydrogens is 484 g/mol. The van der Waals surface area contributed by atoms with Crippen molar-refractivity contribution in [1.29, 1.82) is 0 Å². The molecule has 0 saturated heterocycles. The van der Waals surface area contributed by atoms with E-state index in [2.05, 4.69) is 0 Å². The third kappa shape index (κ3) is 7.16. The Bertz CT molecular complexity index is 1350. The smallest absolute Gasteiger partial charge is 0.254 e. The average molecular weight is 516 g/mol. The third-order valence-corrected chi connectivity index (χ3v) is 6.29. The van der Waals surface area contributed by atoms with Gasteiger partial charge in [-0.15, -0.1) is 0 Å². The lowest BCUT2D eigenvalue weighted by atomic mass is 10.1. The van der Waals surface area contributed by atoms with Crippen molar-refractivity contribution in [3.63, 3.8) is 0 Å². The monoisotopic (exact) mass is 515 g/mol. The van der Waals surface area contributed by atoms with Gasteiger partial charge in [-0.3, -0.25) is 9.59 Å². The van der Waals surface area contributed by atoms with Gasteiger partial charge in [0.25, 0.3) is 5.91 Å². The van der Waals surface area contributed by atoms with E-state index in [1.807, 2.05) is 60.2 Å². The predicted molar refractivity (Wildman–Crippen MR) is 143 cm³/mol. The highest BCUT2D eigenvalue weighted by atomic mass is 19.1. The maximum absolute atomic E-state index is 13.8. The Morgan fingerprint density at radius 1 is 0.763 bits per heavy atom. The van der Waals surface area contributed by atoms with Gasteiger partial charge in [0.2, 0.25) is 5.91 Å². The molecule has 0 unspecified atom stereocenters. The summed E-state index contributed by atoms with van der Waals surface area (Å²) in [5.41, 5.74) is 3.04. The zero-order valence-electron chi connectivity index (χ0n) is 21.4. The highest BCUT2D eigenvalue weighted by Crippen LogP contribution is 2.16. The van der Waals surface area contributed by atoms with Crippen molar-refractivity contribution < 1.29 is 18.4 Å². The zero-order valence-corrected chi connectivity index (χ0v) is 21.4. The van der Waals surface area contributed by atoms with Crippen LogP contribution in [0.3, 0.4) is 0 Å². The summed E-state index contributed by atoms with van der Waals surface area (Å²) in [7, 11) is 0. The maximum atomic E-state index is 13.8. The Morgan fingerprint density at radius 3 is 2.24 bits per heavy atom. The molecule has 0 spiro atoms. The zero-order chi connectivity index (χ0) is 26.9. The van der Waals surface area contributed by atoms with Crippen molar-refractivity contribution in [3.05, 3.63) is 131 Å². The first-order chi connectivity index (χ1) is 18.4. The molecule has 38 heavy (non-hydrogen) atoms. The van der Waals surface area contributed by atoms with Gasteiger partial charge in [0.15, 0.2) is 0 Å². The SMILES string of the molecule is CCCN(CC(=O)N(Cc1ccccc1)Cc1cccn1Cc1ccc(F)cc1)C(=O)c1cccc(F)c1. The largest absolute Gasteiger partial charge is 0.345 e. The van der Waals surface area contributed by atoms with Crippen LogP contribution in [0.1, 0.15) is 40.5 Å². The van der Waals surface area contributed by atoms with Crippen LogP contribution in [0, 0.1) is 11.6 Å². The first kappa shape index (κ1) is 26.8. The number of nitrogens with zero attached hydrogens (tertiary/aromatic N) is 3. The quantitative estimate of drug-likeness (QED) is 0.250. The first-order valence-corrected chi connectivity index (χ1v) is 12.7. The standard InChI is InChI=1S/C31H31F2N3O2/c1-2-17-35(31(38)26-10-6-11-28(33)19-26)23-30(37)36(21-24-8-4-3-5-9-24)22-29-12-7-18-34(29)20-25-13-15-27(32)16-14-25/h3-16,18-19H,2,17,20-23H2,1H3. The van der Waals surface area contributed by atoms with E-state index in [0.29, 0.717) is 32.6 Å². The molecule has 196 valence electrons. The molecule has 0 aliphatic rings. The van der Waals surface area contributed by atoms with Gasteiger partial charge in [0.05, 0.1) is 6.54 Å². The lowest BCUT2D eigenvalue weighted by Gasteiger charge is -2.28. The highest BCUT2D eigenvalue weighted by molar-refractivity contribution is 5.96. The van der Waals surface area contributed by atoms with Crippen molar-refractivity contribution >= 4 is 11.8 Å². The molecule has 7 heteroatoms. The summed E-state index contributed by atoms with van der Waals surface area (Å²) in [4.78, 5) is 30.0. The van der Waals surface area contributed by atoms with Crippen LogP contribution in [-0.2, 0) is 24.4 Å². The molecule has 4 aromatic rings. The highest BCUT2D eigenvalue weighted by Gasteiger charge is 2.23. The van der Waals surface area contributed by atoms with Gasteiger partial charge in [-0.25, -0.2) is 8.78 Å². The molecule has 4 rings (SSSR count). The van der Waals surface area contributed by atoms with E-state index in [4.69, 9.17) is 0 Å². The van der Waals surface area contributed by atoms with Gasteiger partial charge in [-0.1, -0.05) is 55.5 Å². The van der Waals surface area contributed by atoms with Gasteiger partial charge < -0.3 is 14.4 Å². The van der Waals surface area contributed by atoms with Gasteiger partial charge in [0, 0.05) is 37.1 Å². The Balaban J connectivity index is 1.55. The Labute approximate surface area is 221 Å². The molecule has 0 radical (unpaired) electrons. The third-order valence-electron chi connectivity index (χ3n) is 6.29. The summed E-state index contributed by atoms with van der Waals surface area (Å²) in [5.74, 6) is -1.36. The molecule has 1 heterocycles. The fraction of sp³-hybridized carbons (Fsp3) is 0.226. The number of rotatable bonds is 11. The number of aromatic nitrogens is 1. The van der Waals surface area contributed by atoms with E-state index >= 15 is 0 Å². The minimum absolute atomic E-state index is 0.116. The molecule has 0 saturated carbocycles. The van der Waals surface area contributed by atoms with Gasteiger partial charge in [-0.2, -0.15) is 0 Å². The summed E-state index contributed by atoms with van der Waals surface area (Å²) in [6, 6.07) is 25.4. The van der Waals surface area contributed by atoms with Crippen molar-refractivity contribution in [2.75, 3.05) is 13.1 Å². The minimum Gasteiger partial charge on any atom is -0.345 e. The summed E-state index contributed by atoms with van der Waals surface area (Å²) < 4.78 is 29.2. The van der Waals surface area contributed by atoms with Gasteiger partial charge in [-0.05, 0) is 60.0 Å². The Hall–Kier alpha value is -4.26. The maximum Gasteiger partial charge on any atom is 0.254 e. The Morgan fingerprint density at radius 2 is 1.53 bits per heavy atom. The molecule has 1 aromatic heterocycles. The second-order valence-electron chi connectivity index (χ2n) is 9.23. The number of halogens is 2. The number of carbonyl (C=O) groups excluding carboxylic acids is 2. The van der Waals surface area contributed by atoms with Crippen LogP contribution in [0.5, 0.6) is 0 Å². The fourth-order valence-corrected chi connectivity index (χ4v) is 4.36. The lowest BCUT2D eigenvalue weighted by Crippen LogP contribution is -2.43. The molecule has 5 nitrogen and oxygen atoms in total. The topological polar surface area (TPSA) is 45.6 Å². The molecule has 0 aliphatic carbocycles. The van der Waals surface area contributed by atoms with E-state index in [1.54, 1.807) is 23.1 Å². The molecular formula is C31H31F2N3O2. The van der Waals surface area contributed by atoms with Crippen LogP contribution in [0.4, 0.5) is 8.78 Å². The van der Waals surface area contributed by atoms with Crippen LogP contribution in [-0.4, -0.2) is 39.3 Å². The second kappa shape index (κ2) is 12.8. The van der Waals surface area contributed by atoms with Crippen molar-refractivity contribution in [2.45, 2.75) is 33.0 Å². The summed E-state index contributed by atoms with van der Waals surface area (Å²) >= 11 is 0. The molecule has 2 amide bonds. The van der Waals surface area contributed by atoms with E-state index in [9.17, 15) is 18.4 Å². The Kier molecular flexibility index (Phi) is 9.03. The number of amides is 2. The van der Waals surface area contributed by atoms with Crippen LogP contribution >= 0.6 is 0 Å². The van der Waals surface area contributed by atoms with Crippen molar-refractivity contribution in [3.8, 4) is 0 Å². The number of carbonyl (C=O) groups is 2. The number of hydrogen-bond donors (Lipinski definition) is 0. The molecule has 0 aliphatic heterocycles. The summed E-state index contributed by atoms with van der Waals surface area (Å²) in [6.07, 6.45) is 2.59. The molecule has 0 atom stereocenters. The second-order valence-corrected chi connectivity index (χ2v) is 9.23. The van der Waals surface area contributed by atoms with Crippen molar-refractivity contribution in [2.24, 2.45) is 0 Å². The van der Waals surface area contributed by atoms with E-state index in [1.165, 1.54) is 35.2 Å². The van der Waals surface area contributed by atoms with E-state index in [-0.39, 0.29) is 29.7 Å². The van der Waals surface area contributed by atoms with E-state index in [0.717, 1.165) is 16.8 Å². The fourth-order valence-electron chi connectivity index (χ4n) is 4.36. The van der Waals surface area contributed by atoms with Crippen LogP contribution in [0.2, 0.25) is 0 Å². The van der Waals surface area contributed by atoms with Gasteiger partial charge >= 0.3 is 0 Å². The minimum atomic E-state index is -0.494. The number of benzene rings is 3. The van der Waals surface area contributed by atoms with Crippen LogP contribution < -0.4 is 0 Å².